The van der Waals surface area contributed by atoms with Crippen LogP contribution in [0.1, 0.15) is 49.1 Å². The zero-order valence-electron chi connectivity index (χ0n) is 18.2. The van der Waals surface area contributed by atoms with E-state index in [9.17, 15) is 4.79 Å². The number of carbonyl (C=O) groups is 1. The summed E-state index contributed by atoms with van der Waals surface area (Å²) in [5.41, 5.74) is 2.77. The molecular weight excluding hydrogens is 420 g/mol. The molecule has 9 heteroatoms. The van der Waals surface area contributed by atoms with Crippen LogP contribution in [0.15, 0.2) is 47.4 Å². The normalized spacial score (nSPS) is 18.0. The van der Waals surface area contributed by atoms with E-state index in [1.54, 1.807) is 10.8 Å². The molecule has 1 atom stereocenters. The van der Waals surface area contributed by atoms with Gasteiger partial charge >= 0.3 is 6.03 Å². The van der Waals surface area contributed by atoms with E-state index in [1.165, 1.54) is 12.7 Å². The first-order valence-corrected chi connectivity index (χ1v) is 11.3. The molecule has 0 spiro atoms. The van der Waals surface area contributed by atoms with Crippen LogP contribution in [0, 0.1) is 0 Å². The summed E-state index contributed by atoms with van der Waals surface area (Å²) in [4.78, 5) is 21.6. The maximum absolute atomic E-state index is 12.8. The first-order valence-electron chi connectivity index (χ1n) is 11.3. The number of hydrogen-bond acceptors (Lipinski definition) is 7. The minimum Gasteiger partial charge on any atom is -0.439 e. The average molecular weight is 444 g/mol. The standard InChI is InChI=1S/C24H24N6O3/c1-14-9-18-19(12-25-14)26-13-27-23(18)32-17-5-6-20-16(10-17)7-8-30(20)24(31)28-22-11-21(33-29-22)15-3-2-4-15/h5-8,10-11,13-15,25H,2-4,9,12H2,1H3,(H,28,29,31). The van der Waals surface area contributed by atoms with Gasteiger partial charge in [-0.25, -0.2) is 14.8 Å². The van der Waals surface area contributed by atoms with Crippen molar-refractivity contribution in [1.29, 1.82) is 0 Å². The third-order valence-corrected chi connectivity index (χ3v) is 6.49. The van der Waals surface area contributed by atoms with Gasteiger partial charge in [0.25, 0.3) is 0 Å². The number of nitrogens with zero attached hydrogens (tertiary/aromatic N) is 4. The topological polar surface area (TPSA) is 107 Å². The van der Waals surface area contributed by atoms with Gasteiger partial charge in [-0.15, -0.1) is 0 Å². The van der Waals surface area contributed by atoms with Crippen molar-refractivity contribution in [2.24, 2.45) is 0 Å². The minimum absolute atomic E-state index is 0.293. The van der Waals surface area contributed by atoms with Gasteiger partial charge < -0.3 is 14.6 Å². The number of rotatable bonds is 4. The predicted molar refractivity (Wildman–Crippen MR) is 122 cm³/mol. The largest absolute Gasteiger partial charge is 0.439 e. The molecule has 0 bridgehead atoms. The smallest absolute Gasteiger partial charge is 0.331 e. The van der Waals surface area contributed by atoms with Gasteiger partial charge in [0.1, 0.15) is 17.8 Å². The number of nitrogens with one attached hydrogen (secondary N) is 2. The Kier molecular flexibility index (Phi) is 4.83. The molecular formula is C24H24N6O3. The van der Waals surface area contributed by atoms with E-state index in [0.29, 0.717) is 36.0 Å². The monoisotopic (exact) mass is 444 g/mol. The highest BCUT2D eigenvalue weighted by Gasteiger charge is 2.24. The predicted octanol–water partition coefficient (Wildman–Crippen LogP) is 4.59. The molecule has 0 radical (unpaired) electrons. The highest BCUT2D eigenvalue weighted by molar-refractivity contribution is 5.98. The first kappa shape index (κ1) is 19.9. The number of hydrogen-bond donors (Lipinski definition) is 2. The van der Waals surface area contributed by atoms with Gasteiger partial charge in [-0.05, 0) is 50.5 Å². The molecule has 1 aliphatic carbocycles. The number of benzene rings is 1. The molecule has 1 aliphatic heterocycles. The van der Waals surface area contributed by atoms with Crippen LogP contribution < -0.4 is 15.4 Å². The van der Waals surface area contributed by atoms with Crippen molar-refractivity contribution in [1.82, 2.24) is 25.0 Å². The number of ether oxygens (including phenoxy) is 1. The highest BCUT2D eigenvalue weighted by atomic mass is 16.5. The van der Waals surface area contributed by atoms with Crippen molar-refractivity contribution in [3.8, 4) is 11.6 Å². The third kappa shape index (κ3) is 3.74. The first-order chi connectivity index (χ1) is 16.1. The quantitative estimate of drug-likeness (QED) is 0.474. The summed E-state index contributed by atoms with van der Waals surface area (Å²) in [5.74, 6) is 2.94. The van der Waals surface area contributed by atoms with Crippen molar-refractivity contribution in [3.63, 3.8) is 0 Å². The molecule has 4 heterocycles. The van der Waals surface area contributed by atoms with E-state index in [2.05, 4.69) is 32.7 Å². The molecule has 1 fully saturated rings. The van der Waals surface area contributed by atoms with Gasteiger partial charge in [-0.3, -0.25) is 9.88 Å². The van der Waals surface area contributed by atoms with Gasteiger partial charge in [0.05, 0.1) is 11.2 Å². The second-order valence-electron chi connectivity index (χ2n) is 8.77. The molecule has 2 N–H and O–H groups in total. The Morgan fingerprint density at radius 2 is 2.15 bits per heavy atom. The second kappa shape index (κ2) is 8.00. The molecule has 1 amide bonds. The fourth-order valence-corrected chi connectivity index (χ4v) is 4.40. The molecule has 1 unspecified atom stereocenters. The molecule has 168 valence electrons. The van der Waals surface area contributed by atoms with Gasteiger partial charge in [0.15, 0.2) is 5.82 Å². The molecule has 0 saturated heterocycles. The highest BCUT2D eigenvalue weighted by Crippen LogP contribution is 2.37. The maximum Gasteiger partial charge on any atom is 0.331 e. The Labute approximate surface area is 190 Å². The summed E-state index contributed by atoms with van der Waals surface area (Å²) in [6, 6.07) is 9.36. The molecule has 4 aromatic rings. The number of carbonyl (C=O) groups excluding carboxylic acids is 1. The molecule has 1 aromatic carbocycles. The van der Waals surface area contributed by atoms with Gasteiger partial charge in [-0.1, -0.05) is 11.6 Å². The Balaban J connectivity index is 1.21. The van der Waals surface area contributed by atoms with E-state index in [0.717, 1.165) is 47.2 Å². The van der Waals surface area contributed by atoms with E-state index < -0.39 is 0 Å². The fourth-order valence-electron chi connectivity index (χ4n) is 4.40. The number of amides is 1. The second-order valence-corrected chi connectivity index (χ2v) is 8.77. The SMILES string of the molecule is CC1Cc2c(ncnc2Oc2ccc3c(ccn3C(=O)Nc3cc(C4CCC4)on3)c2)CN1. The van der Waals surface area contributed by atoms with E-state index in [4.69, 9.17) is 9.26 Å². The summed E-state index contributed by atoms with van der Waals surface area (Å²) in [5, 5.41) is 11.1. The van der Waals surface area contributed by atoms with Crippen molar-refractivity contribution < 1.29 is 14.1 Å². The molecule has 6 rings (SSSR count). The number of aromatic nitrogens is 4. The lowest BCUT2D eigenvalue weighted by Gasteiger charge is -2.23. The summed E-state index contributed by atoms with van der Waals surface area (Å²) in [7, 11) is 0. The molecule has 9 nitrogen and oxygen atoms in total. The lowest BCUT2D eigenvalue weighted by atomic mass is 9.84. The molecule has 2 aliphatic rings. The zero-order chi connectivity index (χ0) is 22.4. The number of fused-ring (bicyclic) bond motifs is 2. The molecule has 3 aromatic heterocycles. The van der Waals surface area contributed by atoms with E-state index in [-0.39, 0.29) is 6.03 Å². The molecule has 33 heavy (non-hydrogen) atoms. The summed E-state index contributed by atoms with van der Waals surface area (Å²) < 4.78 is 13.1. The van der Waals surface area contributed by atoms with E-state index in [1.807, 2.05) is 30.3 Å². The zero-order valence-corrected chi connectivity index (χ0v) is 18.2. The van der Waals surface area contributed by atoms with Crippen LogP contribution in [0.4, 0.5) is 10.6 Å². The van der Waals surface area contributed by atoms with Crippen molar-refractivity contribution >= 4 is 22.8 Å². The maximum atomic E-state index is 12.8. The summed E-state index contributed by atoms with van der Waals surface area (Å²) >= 11 is 0. The Hall–Kier alpha value is -3.72. The fraction of sp³-hybridized carbons (Fsp3) is 0.333. The third-order valence-electron chi connectivity index (χ3n) is 6.49. The summed E-state index contributed by atoms with van der Waals surface area (Å²) in [6.45, 7) is 2.84. The van der Waals surface area contributed by atoms with Crippen LogP contribution in [-0.4, -0.2) is 31.8 Å². The van der Waals surface area contributed by atoms with Crippen molar-refractivity contribution in [2.75, 3.05) is 5.32 Å². The van der Waals surface area contributed by atoms with Gasteiger partial charge in [0.2, 0.25) is 5.88 Å². The van der Waals surface area contributed by atoms with E-state index >= 15 is 0 Å². The van der Waals surface area contributed by atoms with Crippen LogP contribution in [0.3, 0.4) is 0 Å². The lowest BCUT2D eigenvalue weighted by Crippen LogP contribution is -2.33. The number of anilines is 1. The summed E-state index contributed by atoms with van der Waals surface area (Å²) in [6.07, 6.45) is 7.52. The van der Waals surface area contributed by atoms with Crippen molar-refractivity contribution in [2.45, 2.75) is 51.1 Å². The van der Waals surface area contributed by atoms with Crippen LogP contribution >= 0.6 is 0 Å². The van der Waals surface area contributed by atoms with Gasteiger partial charge in [-0.2, -0.15) is 0 Å². The van der Waals surface area contributed by atoms with Crippen LogP contribution in [0.2, 0.25) is 0 Å². The average Bonchev–Trinajstić information content (AvgIpc) is 3.40. The Morgan fingerprint density at radius 3 is 3.00 bits per heavy atom. The van der Waals surface area contributed by atoms with Crippen LogP contribution in [0.25, 0.3) is 10.9 Å². The Morgan fingerprint density at radius 1 is 1.24 bits per heavy atom. The lowest BCUT2D eigenvalue weighted by molar-refractivity contribution is 0.254. The van der Waals surface area contributed by atoms with Crippen LogP contribution in [-0.2, 0) is 13.0 Å². The van der Waals surface area contributed by atoms with Crippen molar-refractivity contribution in [3.05, 3.63) is 59.9 Å². The van der Waals surface area contributed by atoms with Crippen LogP contribution in [0.5, 0.6) is 11.6 Å². The molecule has 1 saturated carbocycles. The minimum atomic E-state index is -0.293. The van der Waals surface area contributed by atoms with Gasteiger partial charge in [0, 0.05) is 41.7 Å². The Bertz CT molecular complexity index is 1340.